The zero-order valence-corrected chi connectivity index (χ0v) is 10.8. The molecule has 1 aliphatic carbocycles. The lowest BCUT2D eigenvalue weighted by Gasteiger charge is -2.24. The fourth-order valence-electron chi connectivity index (χ4n) is 2.85. The van der Waals surface area contributed by atoms with Crippen LogP contribution in [-0.2, 0) is 6.42 Å². The quantitative estimate of drug-likeness (QED) is 0.846. The number of nitrogens with zero attached hydrogens (tertiary/aromatic N) is 2. The molecule has 0 saturated heterocycles. The van der Waals surface area contributed by atoms with E-state index in [0.717, 1.165) is 36.1 Å². The van der Waals surface area contributed by atoms with Crippen LogP contribution >= 0.6 is 0 Å². The Kier molecular flexibility index (Phi) is 2.75. The van der Waals surface area contributed by atoms with Gasteiger partial charge in [0.2, 0.25) is 0 Å². The van der Waals surface area contributed by atoms with Crippen LogP contribution in [0.5, 0.6) is 0 Å². The number of rotatable bonds is 1. The van der Waals surface area contributed by atoms with Crippen molar-refractivity contribution in [3.05, 3.63) is 35.2 Å². The highest BCUT2D eigenvalue weighted by Crippen LogP contribution is 2.39. The van der Waals surface area contributed by atoms with Crippen LogP contribution < -0.4 is 5.73 Å². The Balaban J connectivity index is 2.34. The lowest BCUT2D eigenvalue weighted by molar-refractivity contribution is 0.563. The number of hydrogen-bond acceptors (Lipinski definition) is 4. The molecule has 0 saturated carbocycles. The summed E-state index contributed by atoms with van der Waals surface area (Å²) in [7, 11) is 0. The van der Waals surface area contributed by atoms with E-state index in [2.05, 4.69) is 18.0 Å². The van der Waals surface area contributed by atoms with Gasteiger partial charge in [0, 0.05) is 11.3 Å². The fraction of sp³-hybridized carbons (Fsp3) is 0.333. The normalized spacial score (nSPS) is 17.8. The minimum absolute atomic E-state index is 0.307. The highest BCUT2D eigenvalue weighted by Gasteiger charge is 2.26. The van der Waals surface area contributed by atoms with Crippen LogP contribution in [0.2, 0.25) is 0 Å². The largest absolute Gasteiger partial charge is 0.464 e. The van der Waals surface area contributed by atoms with E-state index >= 15 is 0 Å². The van der Waals surface area contributed by atoms with Crippen molar-refractivity contribution < 1.29 is 4.42 Å². The van der Waals surface area contributed by atoms with Gasteiger partial charge in [0.05, 0.1) is 6.26 Å². The van der Waals surface area contributed by atoms with Gasteiger partial charge in [0.1, 0.15) is 23.2 Å². The molecule has 2 aromatic heterocycles. The Bertz CT molecular complexity index is 653. The molecular weight excluding hydrogens is 238 g/mol. The summed E-state index contributed by atoms with van der Waals surface area (Å²) in [5.74, 6) is 1.39. The Morgan fingerprint density at radius 1 is 1.53 bits per heavy atom. The van der Waals surface area contributed by atoms with Crippen LogP contribution in [-0.4, -0.2) is 4.98 Å². The number of fused-ring (bicyclic) bond motifs is 1. The second kappa shape index (κ2) is 4.43. The zero-order chi connectivity index (χ0) is 13.4. The fourth-order valence-corrected chi connectivity index (χ4v) is 2.85. The first kappa shape index (κ1) is 11.8. The number of anilines is 1. The number of pyridine rings is 1. The first-order chi connectivity index (χ1) is 9.22. The first-order valence-corrected chi connectivity index (χ1v) is 6.48. The maximum atomic E-state index is 9.35. The molecule has 0 bridgehead atoms. The van der Waals surface area contributed by atoms with Crippen molar-refractivity contribution in [2.24, 2.45) is 0 Å². The van der Waals surface area contributed by atoms with Gasteiger partial charge in [-0.1, -0.05) is 6.92 Å². The Hall–Kier alpha value is -2.28. The van der Waals surface area contributed by atoms with Gasteiger partial charge in [-0.3, -0.25) is 0 Å². The van der Waals surface area contributed by atoms with Gasteiger partial charge in [-0.05, 0) is 42.9 Å². The van der Waals surface area contributed by atoms with Crippen LogP contribution in [0.4, 0.5) is 5.82 Å². The standard InChI is InChI=1S/C15H15N3O/c1-9-4-2-5-10-13(12-6-3-7-19-12)11(8-16)15(17)18-14(9)10/h3,6-7,9H,2,4-5H2,1H3,(H2,17,18)/t9-/m0/s1. The van der Waals surface area contributed by atoms with Gasteiger partial charge >= 0.3 is 0 Å². The minimum atomic E-state index is 0.307. The van der Waals surface area contributed by atoms with E-state index in [0.29, 0.717) is 23.1 Å². The van der Waals surface area contributed by atoms with Crippen molar-refractivity contribution in [1.82, 2.24) is 4.98 Å². The van der Waals surface area contributed by atoms with E-state index in [9.17, 15) is 5.26 Å². The Morgan fingerprint density at radius 3 is 3.05 bits per heavy atom. The Morgan fingerprint density at radius 2 is 2.37 bits per heavy atom. The molecule has 4 heteroatoms. The number of nitrogens with two attached hydrogens (primary N) is 1. The molecule has 2 N–H and O–H groups in total. The molecule has 0 aliphatic heterocycles. The summed E-state index contributed by atoms with van der Waals surface area (Å²) in [6.07, 6.45) is 4.77. The summed E-state index contributed by atoms with van der Waals surface area (Å²) in [5, 5.41) is 9.35. The summed E-state index contributed by atoms with van der Waals surface area (Å²) in [5.41, 5.74) is 9.36. The van der Waals surface area contributed by atoms with Crippen LogP contribution in [0.25, 0.3) is 11.3 Å². The van der Waals surface area contributed by atoms with E-state index in [1.54, 1.807) is 6.26 Å². The van der Waals surface area contributed by atoms with E-state index in [1.807, 2.05) is 12.1 Å². The number of hydrogen-bond donors (Lipinski definition) is 1. The molecule has 0 fully saturated rings. The molecule has 0 unspecified atom stereocenters. The smallest absolute Gasteiger partial charge is 0.142 e. The van der Waals surface area contributed by atoms with Crippen LogP contribution in [0, 0.1) is 11.3 Å². The maximum Gasteiger partial charge on any atom is 0.142 e. The van der Waals surface area contributed by atoms with Crippen LogP contribution in [0.1, 0.15) is 42.5 Å². The van der Waals surface area contributed by atoms with Crippen LogP contribution in [0.15, 0.2) is 22.8 Å². The van der Waals surface area contributed by atoms with E-state index in [1.165, 1.54) is 0 Å². The minimum Gasteiger partial charge on any atom is -0.464 e. The van der Waals surface area contributed by atoms with Crippen molar-refractivity contribution >= 4 is 5.82 Å². The second-order valence-corrected chi connectivity index (χ2v) is 4.99. The summed E-state index contributed by atoms with van der Waals surface area (Å²) in [6, 6.07) is 5.86. The number of furan rings is 1. The molecule has 1 atom stereocenters. The summed E-state index contributed by atoms with van der Waals surface area (Å²) in [4.78, 5) is 4.45. The van der Waals surface area contributed by atoms with Crippen molar-refractivity contribution in [3.8, 4) is 17.4 Å². The molecule has 4 nitrogen and oxygen atoms in total. The number of nitriles is 1. The van der Waals surface area contributed by atoms with Gasteiger partial charge in [-0.2, -0.15) is 5.26 Å². The molecule has 0 spiro atoms. The Labute approximate surface area is 111 Å². The third kappa shape index (κ3) is 1.78. The molecular formula is C15H15N3O. The van der Waals surface area contributed by atoms with Crippen molar-refractivity contribution in [2.75, 3.05) is 5.73 Å². The first-order valence-electron chi connectivity index (χ1n) is 6.48. The van der Waals surface area contributed by atoms with Crippen molar-refractivity contribution in [3.63, 3.8) is 0 Å². The SMILES string of the molecule is C[C@H]1CCCc2c1nc(N)c(C#N)c2-c1ccco1. The van der Waals surface area contributed by atoms with E-state index in [-0.39, 0.29) is 0 Å². The summed E-state index contributed by atoms with van der Waals surface area (Å²) in [6.45, 7) is 2.16. The molecule has 19 heavy (non-hydrogen) atoms. The molecule has 0 aromatic carbocycles. The molecule has 96 valence electrons. The number of nitrogen functional groups attached to an aromatic ring is 1. The van der Waals surface area contributed by atoms with Crippen molar-refractivity contribution in [1.29, 1.82) is 5.26 Å². The van der Waals surface area contributed by atoms with Gasteiger partial charge in [0.25, 0.3) is 0 Å². The second-order valence-electron chi connectivity index (χ2n) is 4.99. The molecule has 2 heterocycles. The van der Waals surface area contributed by atoms with Gasteiger partial charge in [-0.15, -0.1) is 0 Å². The predicted molar refractivity (Wildman–Crippen MR) is 72.4 cm³/mol. The van der Waals surface area contributed by atoms with Crippen LogP contribution in [0.3, 0.4) is 0 Å². The highest BCUT2D eigenvalue weighted by molar-refractivity contribution is 5.76. The van der Waals surface area contributed by atoms with Gasteiger partial charge in [-0.25, -0.2) is 4.98 Å². The average Bonchev–Trinajstić information content (AvgIpc) is 2.92. The van der Waals surface area contributed by atoms with Crippen molar-refractivity contribution in [2.45, 2.75) is 32.1 Å². The zero-order valence-electron chi connectivity index (χ0n) is 10.8. The number of aromatic nitrogens is 1. The topological polar surface area (TPSA) is 75.8 Å². The van der Waals surface area contributed by atoms with Gasteiger partial charge in [0.15, 0.2) is 0 Å². The lowest BCUT2D eigenvalue weighted by atomic mass is 9.83. The third-order valence-electron chi connectivity index (χ3n) is 3.77. The summed E-state index contributed by atoms with van der Waals surface area (Å²) >= 11 is 0. The van der Waals surface area contributed by atoms with E-state index in [4.69, 9.17) is 10.2 Å². The monoisotopic (exact) mass is 253 g/mol. The third-order valence-corrected chi connectivity index (χ3v) is 3.77. The molecule has 0 amide bonds. The lowest BCUT2D eigenvalue weighted by Crippen LogP contribution is -2.14. The molecule has 1 aliphatic rings. The van der Waals surface area contributed by atoms with E-state index < -0.39 is 0 Å². The molecule has 2 aromatic rings. The van der Waals surface area contributed by atoms with Gasteiger partial charge < -0.3 is 10.2 Å². The maximum absolute atomic E-state index is 9.35. The molecule has 3 rings (SSSR count). The summed E-state index contributed by atoms with van der Waals surface area (Å²) < 4.78 is 5.48. The predicted octanol–water partition coefficient (Wildman–Crippen LogP) is 3.24. The molecule has 0 radical (unpaired) electrons. The average molecular weight is 253 g/mol. The highest BCUT2D eigenvalue weighted by atomic mass is 16.3.